The Hall–Kier alpha value is -1.63. The molecule has 7 heteroatoms. The van der Waals surface area contributed by atoms with Crippen molar-refractivity contribution in [3.05, 3.63) is 22.8 Å². The molecule has 0 saturated carbocycles. The third-order valence-corrected chi connectivity index (χ3v) is 3.94. The second kappa shape index (κ2) is 4.80. The first-order valence-electron chi connectivity index (χ1n) is 6.10. The monoisotopic (exact) mass is 324 g/mol. The van der Waals surface area contributed by atoms with E-state index in [1.807, 2.05) is 12.1 Å². The second-order valence-corrected chi connectivity index (χ2v) is 5.56. The molecule has 3 rings (SSSR count). The number of hydrogen-bond donors (Lipinski definition) is 1. The molecule has 0 bridgehead atoms. The average molecular weight is 325 g/mol. The van der Waals surface area contributed by atoms with Gasteiger partial charge in [0.2, 0.25) is 0 Å². The Labute approximate surface area is 118 Å². The lowest BCUT2D eigenvalue weighted by Gasteiger charge is -2.43. The van der Waals surface area contributed by atoms with E-state index in [1.54, 1.807) is 11.1 Å². The molecule has 19 heavy (non-hydrogen) atoms. The van der Waals surface area contributed by atoms with Crippen LogP contribution < -0.4 is 10.2 Å². The molecule has 0 unspecified atom stereocenters. The maximum Gasteiger partial charge on any atom is 0.312 e. The lowest BCUT2D eigenvalue weighted by Crippen LogP contribution is -2.65. The van der Waals surface area contributed by atoms with Gasteiger partial charge in [0.05, 0.1) is 6.04 Å². The van der Waals surface area contributed by atoms with E-state index in [4.69, 9.17) is 0 Å². The molecule has 2 aliphatic rings. The fraction of sp³-hybridized carbons (Fsp3) is 0.417. The summed E-state index contributed by atoms with van der Waals surface area (Å²) in [5.41, 5.74) is 0. The summed E-state index contributed by atoms with van der Waals surface area (Å²) in [6.45, 7) is 2.47. The summed E-state index contributed by atoms with van der Waals surface area (Å²) < 4.78 is 0.940. The number of rotatable bonds is 1. The Balaban J connectivity index is 1.74. The first-order chi connectivity index (χ1) is 9.15. The molecule has 1 atom stereocenters. The van der Waals surface area contributed by atoms with Crippen molar-refractivity contribution >= 4 is 33.6 Å². The van der Waals surface area contributed by atoms with E-state index in [0.29, 0.717) is 26.2 Å². The van der Waals surface area contributed by atoms with Crippen LogP contribution in [0.3, 0.4) is 0 Å². The minimum Gasteiger partial charge on any atom is -0.353 e. The molecular weight excluding hydrogens is 312 g/mol. The van der Waals surface area contributed by atoms with Gasteiger partial charge in [0.25, 0.3) is 0 Å². The van der Waals surface area contributed by atoms with Crippen molar-refractivity contribution < 1.29 is 9.59 Å². The van der Waals surface area contributed by atoms with E-state index in [1.165, 1.54) is 0 Å². The third kappa shape index (κ3) is 2.30. The Kier molecular flexibility index (Phi) is 3.14. The number of amides is 2. The van der Waals surface area contributed by atoms with E-state index in [2.05, 4.69) is 31.1 Å². The van der Waals surface area contributed by atoms with Crippen LogP contribution in [0.4, 0.5) is 5.82 Å². The van der Waals surface area contributed by atoms with Crippen LogP contribution in [-0.4, -0.2) is 53.9 Å². The van der Waals surface area contributed by atoms with Crippen molar-refractivity contribution in [3.8, 4) is 0 Å². The van der Waals surface area contributed by atoms with Gasteiger partial charge < -0.3 is 15.1 Å². The highest BCUT2D eigenvalue weighted by molar-refractivity contribution is 9.10. The predicted molar refractivity (Wildman–Crippen MR) is 72.7 cm³/mol. The van der Waals surface area contributed by atoms with Crippen LogP contribution in [0.1, 0.15) is 0 Å². The van der Waals surface area contributed by atoms with Gasteiger partial charge in [0, 0.05) is 36.8 Å². The molecule has 2 amide bonds. The first kappa shape index (κ1) is 12.4. The summed E-state index contributed by atoms with van der Waals surface area (Å²) in [6.07, 6.45) is 1.76. The predicted octanol–water partition coefficient (Wildman–Crippen LogP) is -0.00890. The van der Waals surface area contributed by atoms with Crippen LogP contribution in [0.25, 0.3) is 0 Å². The Bertz CT molecular complexity index is 519. The Morgan fingerprint density at radius 1 is 1.32 bits per heavy atom. The summed E-state index contributed by atoms with van der Waals surface area (Å²) in [4.78, 5) is 31.2. The minimum atomic E-state index is -0.494. The normalized spacial score (nSPS) is 23.1. The molecule has 0 spiro atoms. The van der Waals surface area contributed by atoms with E-state index in [9.17, 15) is 9.59 Å². The number of nitrogens with one attached hydrogen (secondary N) is 1. The summed E-state index contributed by atoms with van der Waals surface area (Å²) in [5, 5.41) is 2.63. The summed E-state index contributed by atoms with van der Waals surface area (Å²) in [7, 11) is 0. The highest BCUT2D eigenvalue weighted by Crippen LogP contribution is 2.20. The van der Waals surface area contributed by atoms with Crippen molar-refractivity contribution in [1.82, 2.24) is 15.2 Å². The van der Waals surface area contributed by atoms with Gasteiger partial charge >= 0.3 is 11.8 Å². The van der Waals surface area contributed by atoms with E-state index in [0.717, 1.165) is 10.3 Å². The lowest BCUT2D eigenvalue weighted by molar-refractivity contribution is -0.150. The molecule has 0 aromatic carbocycles. The van der Waals surface area contributed by atoms with Crippen LogP contribution in [0.15, 0.2) is 22.8 Å². The topological polar surface area (TPSA) is 65.5 Å². The van der Waals surface area contributed by atoms with Crippen molar-refractivity contribution in [2.45, 2.75) is 6.04 Å². The fourth-order valence-corrected chi connectivity index (χ4v) is 2.71. The smallest absolute Gasteiger partial charge is 0.312 e. The van der Waals surface area contributed by atoms with E-state index in [-0.39, 0.29) is 6.04 Å². The van der Waals surface area contributed by atoms with Crippen molar-refractivity contribution in [2.75, 3.05) is 31.1 Å². The quantitative estimate of drug-likeness (QED) is 0.738. The SMILES string of the molecule is O=C1NC[C@@H]2CN(c3ccc(Br)cn3)CCN2C1=O. The molecular formula is C12H13BrN4O2. The number of anilines is 1. The van der Waals surface area contributed by atoms with Crippen LogP contribution in [0.2, 0.25) is 0 Å². The molecule has 1 aromatic heterocycles. The highest BCUT2D eigenvalue weighted by Gasteiger charge is 2.37. The van der Waals surface area contributed by atoms with Gasteiger partial charge in [-0.25, -0.2) is 4.98 Å². The first-order valence-corrected chi connectivity index (χ1v) is 6.90. The Morgan fingerprint density at radius 3 is 2.89 bits per heavy atom. The number of halogens is 1. The number of nitrogens with zero attached hydrogens (tertiary/aromatic N) is 3. The Morgan fingerprint density at radius 2 is 2.16 bits per heavy atom. The van der Waals surface area contributed by atoms with Crippen molar-refractivity contribution in [3.63, 3.8) is 0 Å². The van der Waals surface area contributed by atoms with Gasteiger partial charge in [-0.15, -0.1) is 0 Å². The van der Waals surface area contributed by atoms with Gasteiger partial charge in [0.1, 0.15) is 5.82 Å². The third-order valence-electron chi connectivity index (χ3n) is 3.47. The van der Waals surface area contributed by atoms with Crippen LogP contribution in [0, 0.1) is 0 Å². The molecule has 2 fully saturated rings. The van der Waals surface area contributed by atoms with Crippen molar-refractivity contribution in [2.24, 2.45) is 0 Å². The zero-order valence-electron chi connectivity index (χ0n) is 10.2. The lowest BCUT2D eigenvalue weighted by atomic mass is 10.1. The number of piperazine rings is 2. The van der Waals surface area contributed by atoms with Gasteiger partial charge in [-0.3, -0.25) is 9.59 Å². The highest BCUT2D eigenvalue weighted by atomic mass is 79.9. The molecule has 6 nitrogen and oxygen atoms in total. The number of fused-ring (bicyclic) bond motifs is 1. The second-order valence-electron chi connectivity index (χ2n) is 4.64. The van der Waals surface area contributed by atoms with Crippen LogP contribution >= 0.6 is 15.9 Å². The van der Waals surface area contributed by atoms with Gasteiger partial charge in [0.15, 0.2) is 0 Å². The molecule has 0 aliphatic carbocycles. The number of carbonyl (C=O) groups excluding carboxylic acids is 2. The van der Waals surface area contributed by atoms with Crippen LogP contribution in [0.5, 0.6) is 0 Å². The standard InChI is InChI=1S/C12H13BrN4O2/c13-8-1-2-10(14-5-8)16-3-4-17-9(7-16)6-15-11(18)12(17)19/h1-2,5,9H,3-4,6-7H2,(H,15,18)/t9-/m1/s1. The maximum absolute atomic E-state index is 11.7. The summed E-state index contributed by atoms with van der Waals surface area (Å²) in [6, 6.07) is 3.93. The number of pyridine rings is 1. The molecule has 2 aliphatic heterocycles. The molecule has 0 radical (unpaired) electrons. The fourth-order valence-electron chi connectivity index (χ4n) is 2.48. The maximum atomic E-state index is 11.7. The molecule has 100 valence electrons. The average Bonchev–Trinajstić information content (AvgIpc) is 2.43. The summed E-state index contributed by atoms with van der Waals surface area (Å²) in [5.74, 6) is -0.0154. The molecule has 1 aromatic rings. The van der Waals surface area contributed by atoms with Gasteiger partial charge in [-0.2, -0.15) is 0 Å². The van der Waals surface area contributed by atoms with Crippen molar-refractivity contribution in [1.29, 1.82) is 0 Å². The largest absolute Gasteiger partial charge is 0.353 e. The molecule has 1 N–H and O–H groups in total. The zero-order valence-corrected chi connectivity index (χ0v) is 11.8. The number of aromatic nitrogens is 1. The molecule has 3 heterocycles. The van der Waals surface area contributed by atoms with Gasteiger partial charge in [-0.05, 0) is 28.1 Å². The zero-order chi connectivity index (χ0) is 13.4. The van der Waals surface area contributed by atoms with E-state index < -0.39 is 11.8 Å². The van der Waals surface area contributed by atoms with Crippen LogP contribution in [-0.2, 0) is 9.59 Å². The van der Waals surface area contributed by atoms with E-state index >= 15 is 0 Å². The molecule has 2 saturated heterocycles. The number of hydrogen-bond acceptors (Lipinski definition) is 4. The minimum absolute atomic E-state index is 0.0318. The summed E-state index contributed by atoms with van der Waals surface area (Å²) >= 11 is 3.36. The van der Waals surface area contributed by atoms with Gasteiger partial charge in [-0.1, -0.05) is 0 Å². The number of carbonyl (C=O) groups is 2.